The third-order valence-electron chi connectivity index (χ3n) is 3.86. The van der Waals surface area contributed by atoms with Gasteiger partial charge in [-0.15, -0.1) is 0 Å². The minimum absolute atomic E-state index is 0.0713. The van der Waals surface area contributed by atoms with Crippen molar-refractivity contribution >= 4 is 17.7 Å². The van der Waals surface area contributed by atoms with E-state index in [1.165, 1.54) is 0 Å². The van der Waals surface area contributed by atoms with Crippen LogP contribution in [0.4, 0.5) is 11.5 Å². The highest BCUT2D eigenvalue weighted by Gasteiger charge is 2.18. The summed E-state index contributed by atoms with van der Waals surface area (Å²) in [6.45, 7) is 6.10. The molecule has 1 saturated heterocycles. The van der Waals surface area contributed by atoms with Gasteiger partial charge in [0.25, 0.3) is 0 Å². The summed E-state index contributed by atoms with van der Waals surface area (Å²) in [7, 11) is 0. The second kappa shape index (κ2) is 8.85. The molecule has 3 rings (SSSR count). The molecule has 1 fully saturated rings. The lowest BCUT2D eigenvalue weighted by atomic mass is 10.2. The van der Waals surface area contributed by atoms with Crippen LogP contribution in [-0.2, 0) is 4.74 Å². The summed E-state index contributed by atoms with van der Waals surface area (Å²) in [5.74, 6) is 0.907. The third kappa shape index (κ3) is 6.07. The monoisotopic (exact) mass is 387 g/mol. The highest BCUT2D eigenvalue weighted by molar-refractivity contribution is 5.79. The minimum Gasteiger partial charge on any atom is -0.508 e. The molecule has 2 aromatic rings. The van der Waals surface area contributed by atoms with Crippen molar-refractivity contribution in [3.05, 3.63) is 36.0 Å². The molecule has 9 nitrogen and oxygen atoms in total. The summed E-state index contributed by atoms with van der Waals surface area (Å²) in [5.41, 5.74) is 3.18. The van der Waals surface area contributed by atoms with E-state index in [0.29, 0.717) is 18.9 Å². The van der Waals surface area contributed by atoms with Crippen molar-refractivity contribution < 1.29 is 19.7 Å². The van der Waals surface area contributed by atoms with Gasteiger partial charge in [-0.2, -0.15) is 15.1 Å². The summed E-state index contributed by atoms with van der Waals surface area (Å²) in [6.07, 6.45) is 1.56. The van der Waals surface area contributed by atoms with Gasteiger partial charge < -0.3 is 24.6 Å². The van der Waals surface area contributed by atoms with Gasteiger partial charge in [0.05, 0.1) is 36.4 Å². The van der Waals surface area contributed by atoms with Crippen LogP contribution in [0.3, 0.4) is 0 Å². The van der Waals surface area contributed by atoms with Crippen LogP contribution in [0.2, 0.25) is 0 Å². The van der Waals surface area contributed by atoms with Crippen LogP contribution in [0, 0.1) is 0 Å². The van der Waals surface area contributed by atoms with Crippen molar-refractivity contribution in [1.29, 1.82) is 0 Å². The maximum atomic E-state index is 9.89. The summed E-state index contributed by atoms with van der Waals surface area (Å²) >= 11 is 0. The van der Waals surface area contributed by atoms with Crippen molar-refractivity contribution in [2.24, 2.45) is 5.10 Å². The largest absolute Gasteiger partial charge is 0.508 e. The minimum atomic E-state index is -0.993. The topological polar surface area (TPSA) is 112 Å². The van der Waals surface area contributed by atoms with Crippen molar-refractivity contribution in [2.45, 2.75) is 19.4 Å². The Bertz CT molecular complexity index is 799. The average Bonchev–Trinajstić information content (AvgIpc) is 2.68. The smallest absolute Gasteiger partial charge is 0.319 e. The fourth-order valence-corrected chi connectivity index (χ4v) is 2.47. The van der Waals surface area contributed by atoms with E-state index >= 15 is 0 Å². The van der Waals surface area contributed by atoms with Crippen LogP contribution in [0.15, 0.2) is 35.4 Å². The van der Waals surface area contributed by atoms with E-state index < -0.39 is 5.60 Å². The number of nitrogens with one attached hydrogen (secondary N) is 1. The number of hydrogen-bond donors (Lipinski definition) is 3. The Morgan fingerprint density at radius 2 is 1.96 bits per heavy atom. The molecule has 1 aromatic carbocycles. The molecule has 0 aliphatic carbocycles. The molecule has 150 valence electrons. The molecule has 28 heavy (non-hydrogen) atoms. The Morgan fingerprint density at radius 3 is 2.64 bits per heavy atom. The molecule has 9 heteroatoms. The second-order valence-corrected chi connectivity index (χ2v) is 7.05. The SMILES string of the molecule is CC(C)(O)COc1nc(C=NNc2ccc(O)cc2)cc(N2CCOCC2)n1. The molecule has 0 bridgehead atoms. The molecule has 1 aromatic heterocycles. The maximum Gasteiger partial charge on any atom is 0.319 e. The number of aromatic nitrogens is 2. The number of rotatable bonds is 7. The van der Waals surface area contributed by atoms with Gasteiger partial charge in [-0.1, -0.05) is 0 Å². The van der Waals surface area contributed by atoms with Gasteiger partial charge in [-0.3, -0.25) is 5.43 Å². The number of nitrogens with zero attached hydrogens (tertiary/aromatic N) is 4. The lowest BCUT2D eigenvalue weighted by Crippen LogP contribution is -2.37. The van der Waals surface area contributed by atoms with Crippen LogP contribution in [0.5, 0.6) is 11.8 Å². The highest BCUT2D eigenvalue weighted by Crippen LogP contribution is 2.18. The maximum absolute atomic E-state index is 9.89. The zero-order chi connectivity index (χ0) is 20.0. The van der Waals surface area contributed by atoms with Gasteiger partial charge in [-0.05, 0) is 38.1 Å². The van der Waals surface area contributed by atoms with Gasteiger partial charge in [-0.25, -0.2) is 0 Å². The molecular weight excluding hydrogens is 362 g/mol. The Hall–Kier alpha value is -2.91. The van der Waals surface area contributed by atoms with E-state index in [1.807, 2.05) is 6.07 Å². The number of anilines is 2. The van der Waals surface area contributed by atoms with E-state index in [2.05, 4.69) is 25.4 Å². The number of hydrogen-bond acceptors (Lipinski definition) is 9. The summed E-state index contributed by atoms with van der Waals surface area (Å²) in [5, 5.41) is 23.4. The second-order valence-electron chi connectivity index (χ2n) is 7.05. The van der Waals surface area contributed by atoms with E-state index in [0.717, 1.165) is 24.6 Å². The summed E-state index contributed by atoms with van der Waals surface area (Å²) in [6, 6.07) is 8.57. The molecule has 0 atom stereocenters. The Labute approximate surface area is 163 Å². The van der Waals surface area contributed by atoms with Gasteiger partial charge in [0.1, 0.15) is 18.2 Å². The first-order valence-electron chi connectivity index (χ1n) is 9.04. The number of morpholine rings is 1. The quantitative estimate of drug-likeness (QED) is 0.373. The predicted molar refractivity (Wildman–Crippen MR) is 106 cm³/mol. The predicted octanol–water partition coefficient (Wildman–Crippen LogP) is 1.61. The Balaban J connectivity index is 1.77. The normalized spacial score (nSPS) is 15.0. The summed E-state index contributed by atoms with van der Waals surface area (Å²) < 4.78 is 11.0. The van der Waals surface area contributed by atoms with Crippen molar-refractivity contribution in [2.75, 3.05) is 43.2 Å². The molecule has 0 spiro atoms. The van der Waals surface area contributed by atoms with Gasteiger partial charge in [0.15, 0.2) is 0 Å². The van der Waals surface area contributed by atoms with Crippen LogP contribution >= 0.6 is 0 Å². The van der Waals surface area contributed by atoms with E-state index in [-0.39, 0.29) is 18.4 Å². The average molecular weight is 387 g/mol. The Morgan fingerprint density at radius 1 is 1.25 bits per heavy atom. The first kappa shape index (κ1) is 19.8. The van der Waals surface area contributed by atoms with E-state index in [4.69, 9.17) is 9.47 Å². The van der Waals surface area contributed by atoms with Crippen molar-refractivity contribution in [3.63, 3.8) is 0 Å². The standard InChI is InChI=1S/C19H25N5O4/c1-19(2,26)13-28-18-21-15(11-17(22-18)24-7-9-27-10-8-24)12-20-23-14-3-5-16(25)6-4-14/h3-6,11-12,23,25-26H,7-10,13H2,1-2H3. The van der Waals surface area contributed by atoms with Crippen LogP contribution in [-0.4, -0.2) is 64.9 Å². The number of aliphatic hydroxyl groups is 1. The van der Waals surface area contributed by atoms with Crippen molar-refractivity contribution in [3.8, 4) is 11.8 Å². The molecule has 1 aliphatic rings. The first-order chi connectivity index (χ1) is 13.4. The number of aromatic hydroxyl groups is 1. The lowest BCUT2D eigenvalue weighted by molar-refractivity contribution is 0.0250. The van der Waals surface area contributed by atoms with Crippen LogP contribution in [0.1, 0.15) is 19.5 Å². The number of phenols is 1. The number of hydrazone groups is 1. The van der Waals surface area contributed by atoms with Gasteiger partial charge in [0.2, 0.25) is 0 Å². The van der Waals surface area contributed by atoms with Crippen LogP contribution < -0.4 is 15.1 Å². The zero-order valence-electron chi connectivity index (χ0n) is 16.0. The molecule has 1 aliphatic heterocycles. The molecular formula is C19H25N5O4. The van der Waals surface area contributed by atoms with Crippen LogP contribution in [0.25, 0.3) is 0 Å². The highest BCUT2D eigenvalue weighted by atomic mass is 16.5. The Kier molecular flexibility index (Phi) is 6.27. The number of benzene rings is 1. The van der Waals surface area contributed by atoms with Gasteiger partial charge >= 0.3 is 6.01 Å². The molecule has 0 saturated carbocycles. The molecule has 0 unspecified atom stereocenters. The van der Waals surface area contributed by atoms with E-state index in [9.17, 15) is 10.2 Å². The van der Waals surface area contributed by atoms with E-state index in [1.54, 1.807) is 44.3 Å². The molecule has 3 N–H and O–H groups in total. The molecule has 0 radical (unpaired) electrons. The zero-order valence-corrected chi connectivity index (χ0v) is 16.0. The number of phenolic OH excluding ortho intramolecular Hbond substituents is 1. The van der Waals surface area contributed by atoms with Gasteiger partial charge in [0, 0.05) is 19.2 Å². The first-order valence-corrected chi connectivity index (χ1v) is 9.04. The summed E-state index contributed by atoms with van der Waals surface area (Å²) in [4.78, 5) is 10.9. The fourth-order valence-electron chi connectivity index (χ4n) is 2.47. The number of ether oxygens (including phenoxy) is 2. The fraction of sp³-hybridized carbons (Fsp3) is 0.421. The molecule has 2 heterocycles. The van der Waals surface area contributed by atoms with Crippen molar-refractivity contribution in [1.82, 2.24) is 9.97 Å². The molecule has 0 amide bonds. The lowest BCUT2D eigenvalue weighted by Gasteiger charge is -2.28. The third-order valence-corrected chi connectivity index (χ3v) is 3.86.